The van der Waals surface area contributed by atoms with E-state index in [0.717, 1.165) is 50.1 Å². The Morgan fingerprint density at radius 2 is 0.725 bits per heavy atom. The lowest BCUT2D eigenvalue weighted by Gasteiger charge is -2.32. The summed E-state index contributed by atoms with van der Waals surface area (Å²) >= 11 is 0. The van der Waals surface area contributed by atoms with Crippen LogP contribution in [0.2, 0.25) is 0 Å². The second-order valence-corrected chi connectivity index (χ2v) is 18.7. The van der Waals surface area contributed by atoms with E-state index in [2.05, 4.69) is 248 Å². The summed E-state index contributed by atoms with van der Waals surface area (Å²) in [5, 5.41) is 9.98. The highest BCUT2D eigenvalue weighted by Crippen LogP contribution is 2.64. The molecule has 320 valence electrons. The van der Waals surface area contributed by atoms with Crippen molar-refractivity contribution in [2.75, 3.05) is 4.90 Å². The fourth-order valence-corrected chi connectivity index (χ4v) is 12.3. The highest BCUT2D eigenvalue weighted by atomic mass is 16.3. The molecule has 1 aromatic heterocycles. The predicted octanol–water partition coefficient (Wildman–Crippen LogP) is 18.2. The third-order valence-corrected chi connectivity index (χ3v) is 15.3. The number of hydrogen-bond donors (Lipinski definition) is 0. The maximum Gasteiger partial charge on any atom is 0.143 e. The fraction of sp³-hybridized carbons (Fsp3) is 0.0149. The zero-order chi connectivity index (χ0) is 45.2. The first-order valence-corrected chi connectivity index (χ1v) is 23.9. The van der Waals surface area contributed by atoms with Crippen LogP contribution in [0, 0.1) is 0 Å². The minimum Gasteiger partial charge on any atom is -0.455 e. The van der Waals surface area contributed by atoms with Crippen LogP contribution in [0.25, 0.3) is 98.8 Å². The van der Waals surface area contributed by atoms with Gasteiger partial charge in [-0.3, -0.25) is 0 Å². The number of fused-ring (bicyclic) bond motifs is 19. The molecular formula is C67H41NO. The first kappa shape index (κ1) is 38.2. The molecule has 0 N–H and O–H groups in total. The van der Waals surface area contributed by atoms with E-state index in [4.69, 9.17) is 4.42 Å². The lowest BCUT2D eigenvalue weighted by atomic mass is 9.70. The minimum absolute atomic E-state index is 0.549. The monoisotopic (exact) mass is 875 g/mol. The van der Waals surface area contributed by atoms with Crippen molar-refractivity contribution in [2.24, 2.45) is 0 Å². The van der Waals surface area contributed by atoms with Crippen molar-refractivity contribution in [3.63, 3.8) is 0 Å². The zero-order valence-electron chi connectivity index (χ0n) is 37.5. The van der Waals surface area contributed by atoms with Gasteiger partial charge in [0.05, 0.1) is 5.41 Å². The molecule has 2 aliphatic carbocycles. The van der Waals surface area contributed by atoms with E-state index >= 15 is 0 Å². The van der Waals surface area contributed by atoms with Crippen LogP contribution in [0.15, 0.2) is 253 Å². The van der Waals surface area contributed by atoms with E-state index in [0.29, 0.717) is 0 Å². The largest absolute Gasteiger partial charge is 0.455 e. The third-order valence-electron chi connectivity index (χ3n) is 15.3. The molecule has 2 nitrogen and oxygen atoms in total. The molecule has 0 atom stereocenters. The summed E-state index contributed by atoms with van der Waals surface area (Å²) in [6.45, 7) is 0. The van der Waals surface area contributed by atoms with Gasteiger partial charge in [-0.15, -0.1) is 0 Å². The SMILES string of the molecule is c1ccc(-c2ccc(N(c3ccc(-c4cccc5c4oc4ccccc45)cc3)c3ccc4c(c3)C3(c5ccccc5-c5ccccc53)c3cc5c6ccccc6c6ccccc6c5cc3-4)cc2)cc1. The maximum absolute atomic E-state index is 6.52. The van der Waals surface area contributed by atoms with Crippen molar-refractivity contribution in [3.05, 3.63) is 271 Å². The quantitative estimate of drug-likeness (QED) is 0.160. The molecule has 0 fully saturated rings. The van der Waals surface area contributed by atoms with E-state index in [9.17, 15) is 0 Å². The second-order valence-electron chi connectivity index (χ2n) is 18.7. The summed E-state index contributed by atoms with van der Waals surface area (Å²) in [5.41, 5.74) is 19.5. The summed E-state index contributed by atoms with van der Waals surface area (Å²) in [5.74, 6) is 0. The molecule has 0 saturated heterocycles. The van der Waals surface area contributed by atoms with Gasteiger partial charge in [0.1, 0.15) is 11.2 Å². The lowest BCUT2D eigenvalue weighted by molar-refractivity contribution is 0.670. The summed E-state index contributed by atoms with van der Waals surface area (Å²) in [7, 11) is 0. The molecule has 0 unspecified atom stereocenters. The molecule has 0 bridgehead atoms. The van der Waals surface area contributed by atoms with Crippen molar-refractivity contribution in [1.82, 2.24) is 0 Å². The van der Waals surface area contributed by atoms with Gasteiger partial charge in [-0.05, 0) is 148 Å². The molecule has 69 heavy (non-hydrogen) atoms. The molecule has 1 spiro atoms. The van der Waals surface area contributed by atoms with E-state index in [1.807, 2.05) is 6.07 Å². The van der Waals surface area contributed by atoms with E-state index in [1.165, 1.54) is 88.0 Å². The lowest BCUT2D eigenvalue weighted by Crippen LogP contribution is -2.26. The predicted molar refractivity (Wildman–Crippen MR) is 288 cm³/mol. The number of para-hydroxylation sites is 2. The normalized spacial score (nSPS) is 13.0. The highest BCUT2D eigenvalue weighted by Gasteiger charge is 2.52. The van der Waals surface area contributed by atoms with Crippen LogP contribution < -0.4 is 4.90 Å². The zero-order valence-corrected chi connectivity index (χ0v) is 37.5. The van der Waals surface area contributed by atoms with Crippen LogP contribution in [-0.4, -0.2) is 0 Å². The Morgan fingerprint density at radius 1 is 0.261 bits per heavy atom. The Hall–Kier alpha value is -8.98. The average molecular weight is 876 g/mol. The molecule has 13 aromatic rings. The van der Waals surface area contributed by atoms with Gasteiger partial charge in [0.15, 0.2) is 0 Å². The molecule has 0 saturated carbocycles. The summed E-state index contributed by atoms with van der Waals surface area (Å²) in [6, 6.07) is 91.9. The number of rotatable bonds is 5. The molecular weight excluding hydrogens is 835 g/mol. The molecule has 2 aliphatic rings. The van der Waals surface area contributed by atoms with Crippen LogP contribution in [0.4, 0.5) is 17.1 Å². The Kier molecular flexibility index (Phi) is 8.02. The molecule has 15 rings (SSSR count). The minimum atomic E-state index is -0.549. The fourth-order valence-electron chi connectivity index (χ4n) is 12.3. The van der Waals surface area contributed by atoms with Crippen molar-refractivity contribution < 1.29 is 4.42 Å². The van der Waals surface area contributed by atoms with E-state index < -0.39 is 5.41 Å². The summed E-state index contributed by atoms with van der Waals surface area (Å²) in [6.07, 6.45) is 0. The number of anilines is 3. The highest BCUT2D eigenvalue weighted by molar-refractivity contribution is 6.26. The van der Waals surface area contributed by atoms with Crippen molar-refractivity contribution in [2.45, 2.75) is 5.41 Å². The first-order chi connectivity index (χ1) is 34.2. The molecule has 2 heteroatoms. The molecule has 0 aliphatic heterocycles. The van der Waals surface area contributed by atoms with Crippen LogP contribution in [0.3, 0.4) is 0 Å². The van der Waals surface area contributed by atoms with Gasteiger partial charge >= 0.3 is 0 Å². The van der Waals surface area contributed by atoms with Gasteiger partial charge in [-0.1, -0.05) is 194 Å². The summed E-state index contributed by atoms with van der Waals surface area (Å²) in [4.78, 5) is 2.43. The van der Waals surface area contributed by atoms with Crippen molar-refractivity contribution in [1.29, 1.82) is 0 Å². The Morgan fingerprint density at radius 3 is 1.39 bits per heavy atom. The number of nitrogens with zero attached hydrogens (tertiary/aromatic N) is 1. The first-order valence-electron chi connectivity index (χ1n) is 23.9. The van der Waals surface area contributed by atoms with E-state index in [1.54, 1.807) is 0 Å². The number of furan rings is 1. The van der Waals surface area contributed by atoms with Crippen molar-refractivity contribution >= 4 is 71.3 Å². The van der Waals surface area contributed by atoms with Crippen LogP contribution >= 0.6 is 0 Å². The third kappa shape index (κ3) is 5.37. The van der Waals surface area contributed by atoms with Gasteiger partial charge in [-0.25, -0.2) is 0 Å². The Bertz CT molecular complexity index is 4190. The topological polar surface area (TPSA) is 16.4 Å². The maximum atomic E-state index is 6.52. The molecule has 1 heterocycles. The van der Waals surface area contributed by atoms with Crippen LogP contribution in [0.5, 0.6) is 0 Å². The molecule has 12 aromatic carbocycles. The molecule has 0 amide bonds. The second kappa shape index (κ2) is 14.5. The average Bonchev–Trinajstić information content (AvgIpc) is 4.05. The van der Waals surface area contributed by atoms with E-state index in [-0.39, 0.29) is 0 Å². The van der Waals surface area contributed by atoms with Crippen molar-refractivity contribution in [3.8, 4) is 44.5 Å². The van der Waals surface area contributed by atoms with Gasteiger partial charge in [0.25, 0.3) is 0 Å². The number of hydrogen-bond acceptors (Lipinski definition) is 2. The van der Waals surface area contributed by atoms with Crippen LogP contribution in [-0.2, 0) is 5.41 Å². The Balaban J connectivity index is 0.972. The smallest absolute Gasteiger partial charge is 0.143 e. The standard InChI is InChI=1S/C67H41NO/c1-2-15-42(16-3-1)43-29-33-45(34-30-43)68(46-35-31-44(32-36-46)48-24-14-25-57-56-23-10-13-28-65(56)69-66(48)57)47-37-38-55-60-40-58-51-19-6-4-17-49(51)50-18-5-7-20-52(50)59(58)41-64(60)67(63(55)39-47)61-26-11-8-21-53(61)54-22-9-12-27-62(54)67/h1-41H. The number of benzene rings is 12. The van der Waals surface area contributed by atoms with Gasteiger partial charge in [-0.2, -0.15) is 0 Å². The van der Waals surface area contributed by atoms with Crippen LogP contribution in [0.1, 0.15) is 22.3 Å². The van der Waals surface area contributed by atoms with Gasteiger partial charge in [0.2, 0.25) is 0 Å². The molecule has 0 radical (unpaired) electrons. The van der Waals surface area contributed by atoms with Gasteiger partial charge < -0.3 is 9.32 Å². The van der Waals surface area contributed by atoms with Gasteiger partial charge in [0, 0.05) is 33.4 Å². The Labute approximate surface area is 399 Å². The summed E-state index contributed by atoms with van der Waals surface area (Å²) < 4.78 is 6.52.